The van der Waals surface area contributed by atoms with Crippen LogP contribution in [0.25, 0.3) is 0 Å². The highest BCUT2D eigenvalue weighted by molar-refractivity contribution is 7.89. The molecule has 0 unspecified atom stereocenters. The number of hydrogen-bond acceptors (Lipinski definition) is 5. The molecule has 5 N–H and O–H groups in total. The molecule has 0 saturated heterocycles. The lowest BCUT2D eigenvalue weighted by Gasteiger charge is -2.09. The normalized spacial score (nSPS) is 11.4. The summed E-state index contributed by atoms with van der Waals surface area (Å²) in [4.78, 5) is 11.6. The van der Waals surface area contributed by atoms with E-state index in [1.165, 1.54) is 12.1 Å². The first-order valence-electron chi connectivity index (χ1n) is 6.68. The number of rotatable bonds is 8. The van der Waals surface area contributed by atoms with Gasteiger partial charge in [0.25, 0.3) is 0 Å². The van der Waals surface area contributed by atoms with Gasteiger partial charge in [0.05, 0.1) is 4.90 Å². The smallest absolute Gasteiger partial charge is 0.240 e. The Bertz CT molecular complexity index is 555. The number of nitrogen functional groups attached to an aromatic ring is 1. The summed E-state index contributed by atoms with van der Waals surface area (Å²) >= 11 is 0. The van der Waals surface area contributed by atoms with Crippen molar-refractivity contribution < 1.29 is 13.2 Å². The highest BCUT2D eigenvalue weighted by Gasteiger charge is 2.14. The Morgan fingerprint density at radius 3 is 2.38 bits per heavy atom. The highest BCUT2D eigenvalue weighted by Crippen LogP contribution is 2.12. The van der Waals surface area contributed by atoms with Crippen molar-refractivity contribution in [2.45, 2.75) is 25.2 Å². The molecule has 7 nitrogen and oxygen atoms in total. The molecule has 1 amide bonds. The van der Waals surface area contributed by atoms with Gasteiger partial charge in [-0.25, -0.2) is 13.1 Å². The summed E-state index contributed by atoms with van der Waals surface area (Å²) in [6.07, 6.45) is 0.106. The molecule has 1 aromatic carbocycles. The van der Waals surface area contributed by atoms with Crippen LogP contribution in [0, 0.1) is 5.92 Å². The van der Waals surface area contributed by atoms with E-state index in [-0.39, 0.29) is 23.8 Å². The van der Waals surface area contributed by atoms with Gasteiger partial charge in [-0.2, -0.15) is 0 Å². The maximum absolute atomic E-state index is 12.0. The SMILES string of the molecule is CC(C)CNC(=O)CCNS(=O)(=O)c1ccc(NN)cc1. The minimum atomic E-state index is -3.61. The van der Waals surface area contributed by atoms with Crippen LogP contribution in [0.4, 0.5) is 5.69 Å². The summed E-state index contributed by atoms with van der Waals surface area (Å²) in [6.45, 7) is 4.62. The van der Waals surface area contributed by atoms with Crippen molar-refractivity contribution in [1.82, 2.24) is 10.0 Å². The van der Waals surface area contributed by atoms with Crippen LogP contribution < -0.4 is 21.3 Å². The number of nitrogens with two attached hydrogens (primary N) is 1. The average Bonchev–Trinajstić information content (AvgIpc) is 2.45. The van der Waals surface area contributed by atoms with Crippen LogP contribution in [0.3, 0.4) is 0 Å². The average molecular weight is 314 g/mol. The van der Waals surface area contributed by atoms with Crippen LogP contribution in [0.15, 0.2) is 29.2 Å². The van der Waals surface area contributed by atoms with Crippen molar-refractivity contribution in [3.63, 3.8) is 0 Å². The molecule has 1 rings (SSSR count). The summed E-state index contributed by atoms with van der Waals surface area (Å²) in [5.74, 6) is 5.40. The number of carbonyl (C=O) groups is 1. The molecule has 1 aromatic rings. The molecule has 0 aliphatic heterocycles. The molecule has 0 aliphatic carbocycles. The maximum atomic E-state index is 12.0. The predicted octanol–water partition coefficient (Wildman–Crippen LogP) is 0.413. The fourth-order valence-corrected chi connectivity index (χ4v) is 2.55. The molecule has 118 valence electrons. The van der Waals surface area contributed by atoms with Gasteiger partial charge in [-0.15, -0.1) is 0 Å². The summed E-state index contributed by atoms with van der Waals surface area (Å²) < 4.78 is 26.4. The topological polar surface area (TPSA) is 113 Å². The molecule has 0 atom stereocenters. The van der Waals surface area contributed by atoms with E-state index in [9.17, 15) is 13.2 Å². The van der Waals surface area contributed by atoms with E-state index in [0.29, 0.717) is 18.2 Å². The van der Waals surface area contributed by atoms with Crippen molar-refractivity contribution in [2.75, 3.05) is 18.5 Å². The third kappa shape index (κ3) is 6.11. The Morgan fingerprint density at radius 2 is 1.86 bits per heavy atom. The summed E-state index contributed by atoms with van der Waals surface area (Å²) in [5, 5.41) is 2.73. The van der Waals surface area contributed by atoms with Crippen LogP contribution in [0.2, 0.25) is 0 Å². The van der Waals surface area contributed by atoms with Gasteiger partial charge in [0.1, 0.15) is 0 Å². The molecule has 0 radical (unpaired) electrons. The number of benzene rings is 1. The van der Waals surface area contributed by atoms with Crippen LogP contribution >= 0.6 is 0 Å². The molecule has 0 aromatic heterocycles. The third-order valence-corrected chi connectivity index (χ3v) is 4.16. The minimum absolute atomic E-state index is 0.0587. The molecule has 0 bridgehead atoms. The Balaban J connectivity index is 2.47. The van der Waals surface area contributed by atoms with Crippen LogP contribution in [0.1, 0.15) is 20.3 Å². The number of sulfonamides is 1. The monoisotopic (exact) mass is 314 g/mol. The molecule has 21 heavy (non-hydrogen) atoms. The Morgan fingerprint density at radius 1 is 1.24 bits per heavy atom. The van der Waals surface area contributed by atoms with E-state index >= 15 is 0 Å². The van der Waals surface area contributed by atoms with Gasteiger partial charge in [0, 0.05) is 25.2 Å². The maximum Gasteiger partial charge on any atom is 0.240 e. The van der Waals surface area contributed by atoms with Crippen LogP contribution in [-0.2, 0) is 14.8 Å². The van der Waals surface area contributed by atoms with Gasteiger partial charge in [-0.05, 0) is 30.2 Å². The van der Waals surface area contributed by atoms with E-state index < -0.39 is 10.0 Å². The fraction of sp³-hybridized carbons (Fsp3) is 0.462. The first-order valence-corrected chi connectivity index (χ1v) is 8.16. The lowest BCUT2D eigenvalue weighted by atomic mass is 10.2. The fourth-order valence-electron chi connectivity index (χ4n) is 1.52. The third-order valence-electron chi connectivity index (χ3n) is 2.68. The van der Waals surface area contributed by atoms with E-state index in [2.05, 4.69) is 15.5 Å². The van der Waals surface area contributed by atoms with Gasteiger partial charge < -0.3 is 10.7 Å². The first kappa shape index (κ1) is 17.4. The Hall–Kier alpha value is -1.64. The quantitative estimate of drug-likeness (QED) is 0.410. The Kier molecular flexibility index (Phi) is 6.60. The highest BCUT2D eigenvalue weighted by atomic mass is 32.2. The number of hydrogen-bond donors (Lipinski definition) is 4. The molecule has 0 aliphatic rings. The molecule has 0 spiro atoms. The summed E-state index contributed by atoms with van der Waals surface area (Å²) in [6, 6.07) is 6.00. The molecule has 8 heteroatoms. The molecule has 0 fully saturated rings. The minimum Gasteiger partial charge on any atom is -0.356 e. The number of nitrogens with one attached hydrogen (secondary N) is 3. The van der Waals surface area contributed by atoms with Crippen LogP contribution in [-0.4, -0.2) is 27.4 Å². The van der Waals surface area contributed by atoms with Crippen molar-refractivity contribution in [3.05, 3.63) is 24.3 Å². The Labute approximate surface area is 125 Å². The zero-order valence-corrected chi connectivity index (χ0v) is 13.0. The standard InChI is InChI=1S/C13H22N4O3S/c1-10(2)9-15-13(18)7-8-16-21(19,20)12-5-3-11(17-14)4-6-12/h3-6,10,16-17H,7-9,14H2,1-2H3,(H,15,18). The zero-order chi connectivity index (χ0) is 15.9. The van der Waals surface area contributed by atoms with Gasteiger partial charge in [0.2, 0.25) is 15.9 Å². The number of hydrazine groups is 1. The van der Waals surface area contributed by atoms with Crippen molar-refractivity contribution in [1.29, 1.82) is 0 Å². The molecular formula is C13H22N4O3S. The van der Waals surface area contributed by atoms with E-state index in [0.717, 1.165) is 0 Å². The van der Waals surface area contributed by atoms with Gasteiger partial charge >= 0.3 is 0 Å². The van der Waals surface area contributed by atoms with E-state index in [4.69, 9.17) is 5.84 Å². The van der Waals surface area contributed by atoms with Crippen LogP contribution in [0.5, 0.6) is 0 Å². The number of carbonyl (C=O) groups excluding carboxylic acids is 1. The number of anilines is 1. The molecular weight excluding hydrogens is 292 g/mol. The van der Waals surface area contributed by atoms with Crippen molar-refractivity contribution >= 4 is 21.6 Å². The first-order chi connectivity index (χ1) is 9.85. The number of amides is 1. The van der Waals surface area contributed by atoms with Gasteiger partial charge in [-0.3, -0.25) is 10.6 Å². The molecule has 0 heterocycles. The second-order valence-electron chi connectivity index (χ2n) is 5.01. The van der Waals surface area contributed by atoms with Gasteiger partial charge in [0.15, 0.2) is 0 Å². The largest absolute Gasteiger partial charge is 0.356 e. The van der Waals surface area contributed by atoms with Gasteiger partial charge in [-0.1, -0.05) is 13.8 Å². The summed E-state index contributed by atoms with van der Waals surface area (Å²) in [5.41, 5.74) is 3.03. The zero-order valence-electron chi connectivity index (χ0n) is 12.2. The van der Waals surface area contributed by atoms with Crippen molar-refractivity contribution in [3.8, 4) is 0 Å². The lowest BCUT2D eigenvalue weighted by molar-refractivity contribution is -0.121. The second kappa shape index (κ2) is 7.96. The summed E-state index contributed by atoms with van der Waals surface area (Å²) in [7, 11) is -3.61. The van der Waals surface area contributed by atoms with E-state index in [1.54, 1.807) is 12.1 Å². The van der Waals surface area contributed by atoms with E-state index in [1.807, 2.05) is 13.8 Å². The molecule has 0 saturated carbocycles. The van der Waals surface area contributed by atoms with Crippen molar-refractivity contribution in [2.24, 2.45) is 11.8 Å². The predicted molar refractivity (Wildman–Crippen MR) is 81.9 cm³/mol. The second-order valence-corrected chi connectivity index (χ2v) is 6.78. The lowest BCUT2D eigenvalue weighted by Crippen LogP contribution is -2.32.